The van der Waals surface area contributed by atoms with Crippen LogP contribution in [0.5, 0.6) is 0 Å². The van der Waals surface area contributed by atoms with Crippen molar-refractivity contribution in [2.24, 2.45) is 0 Å². The van der Waals surface area contributed by atoms with Crippen molar-refractivity contribution in [1.82, 2.24) is 0 Å². The number of rotatable bonds is 4. The highest BCUT2D eigenvalue weighted by Gasteiger charge is 2.40. The summed E-state index contributed by atoms with van der Waals surface area (Å²) in [4.78, 5) is 30.7. The quantitative estimate of drug-likeness (QED) is 0.131. The minimum atomic E-state index is -0.291. The molecule has 2 heterocycles. The molecule has 0 N–H and O–H groups in total. The zero-order valence-electron chi connectivity index (χ0n) is 41.6. The number of nitrogens with zero attached hydrogens (tertiary/aromatic N) is 2. The molecule has 6 aromatic carbocycles. The maximum absolute atomic E-state index is 13.4. The Balaban J connectivity index is 1.43. The molecule has 2 aliphatic carbocycles. The summed E-state index contributed by atoms with van der Waals surface area (Å²) in [5.74, 6) is -0.319. The Morgan fingerprint density at radius 1 is 0.522 bits per heavy atom. The predicted octanol–water partition coefficient (Wildman–Crippen LogP) is 14.1. The average molecular weight is 879 g/mol. The molecule has 0 aromatic heterocycles. The van der Waals surface area contributed by atoms with Gasteiger partial charge in [-0.2, -0.15) is 0 Å². The van der Waals surface area contributed by atoms with Crippen molar-refractivity contribution in [3.05, 3.63) is 177 Å². The van der Waals surface area contributed by atoms with E-state index in [1.54, 1.807) is 0 Å². The smallest absolute Gasteiger partial charge is 0.234 e. The van der Waals surface area contributed by atoms with Crippen molar-refractivity contribution >= 4 is 53.3 Å². The lowest BCUT2D eigenvalue weighted by molar-refractivity contribution is -0.121. The maximum atomic E-state index is 13.4. The van der Waals surface area contributed by atoms with Crippen LogP contribution in [0.15, 0.2) is 133 Å². The van der Waals surface area contributed by atoms with Crippen LogP contribution in [0.3, 0.4) is 0 Å². The first-order chi connectivity index (χ1) is 31.8. The van der Waals surface area contributed by atoms with Crippen molar-refractivity contribution < 1.29 is 9.59 Å². The van der Waals surface area contributed by atoms with E-state index in [1.807, 2.05) is 12.1 Å². The maximum Gasteiger partial charge on any atom is 0.234 e. The van der Waals surface area contributed by atoms with Gasteiger partial charge in [0.1, 0.15) is 7.85 Å². The molecule has 336 valence electrons. The standard InChI is InChI=1S/C62H63BN2O2/c1-36-27-38(3)58(39(4)28-36)42-31-49-47-35-52-51(60(6,7)25-26-61(52,8)9)34-46(47)48-30-40(5)62(10,11)50-20-16-15-19-44(50)37(2)29-54(48)65(55(32-42)59(49)63)53-22-21-43(64-56(66)23-24-57(64)67)33-45(53)41-17-13-12-14-18-41/h12-22,27-35H,23-26,63H2,1-11H3/b37-29+,40-30+,54-48+. The number of imide groups is 1. The Morgan fingerprint density at radius 2 is 1.13 bits per heavy atom. The Morgan fingerprint density at radius 3 is 1.79 bits per heavy atom. The minimum Gasteiger partial charge on any atom is -0.310 e. The highest BCUT2D eigenvalue weighted by atomic mass is 16.2. The topological polar surface area (TPSA) is 40.6 Å². The molecule has 67 heavy (non-hydrogen) atoms. The Bertz CT molecular complexity index is 3170. The minimum absolute atomic E-state index is 0.00128. The van der Waals surface area contributed by atoms with Crippen LogP contribution in [0.4, 0.5) is 17.1 Å². The van der Waals surface area contributed by atoms with Gasteiger partial charge in [-0.3, -0.25) is 14.5 Å². The number of carbonyl (C=O) groups excluding carboxylic acids is 2. The summed E-state index contributed by atoms with van der Waals surface area (Å²) in [5, 5.41) is 0. The number of aryl methyl sites for hydroxylation is 3. The first-order valence-electron chi connectivity index (χ1n) is 24.3. The lowest BCUT2D eigenvalue weighted by Crippen LogP contribution is -2.34. The number of hydrogen-bond donors (Lipinski definition) is 0. The molecule has 0 unspecified atom stereocenters. The number of benzene rings is 6. The molecule has 2 aliphatic heterocycles. The van der Waals surface area contributed by atoms with Gasteiger partial charge in [0.2, 0.25) is 11.8 Å². The number of allylic oxidation sites excluding steroid dienone is 5. The Hall–Kier alpha value is -6.46. The van der Waals surface area contributed by atoms with Crippen LogP contribution in [0.25, 0.3) is 44.5 Å². The van der Waals surface area contributed by atoms with Gasteiger partial charge in [-0.05, 0) is 179 Å². The van der Waals surface area contributed by atoms with Crippen LogP contribution in [0.2, 0.25) is 0 Å². The van der Waals surface area contributed by atoms with Crippen molar-refractivity contribution in [3.8, 4) is 33.4 Å². The van der Waals surface area contributed by atoms with Gasteiger partial charge >= 0.3 is 0 Å². The molecule has 0 saturated carbocycles. The number of carbonyl (C=O) groups is 2. The largest absolute Gasteiger partial charge is 0.310 e. The molecule has 4 aliphatic rings. The van der Waals surface area contributed by atoms with Gasteiger partial charge in [0.05, 0.1) is 17.1 Å². The third-order valence-electron chi connectivity index (χ3n) is 16.0. The van der Waals surface area contributed by atoms with Gasteiger partial charge in [0.15, 0.2) is 0 Å². The fourth-order valence-corrected chi connectivity index (χ4v) is 11.8. The lowest BCUT2D eigenvalue weighted by atomic mass is 9.61. The fraction of sp³-hybridized carbons (Fsp3) is 0.290. The van der Waals surface area contributed by atoms with Crippen LogP contribution in [0.1, 0.15) is 126 Å². The monoisotopic (exact) mass is 878 g/mol. The van der Waals surface area contributed by atoms with Crippen molar-refractivity contribution in [1.29, 1.82) is 0 Å². The second-order valence-electron chi connectivity index (χ2n) is 21.8. The molecule has 0 atom stereocenters. The molecular formula is C62H63BN2O2. The van der Waals surface area contributed by atoms with Crippen LogP contribution < -0.4 is 15.3 Å². The number of fused-ring (bicyclic) bond motifs is 7. The predicted molar refractivity (Wildman–Crippen MR) is 285 cm³/mol. The lowest BCUT2D eigenvalue weighted by Gasteiger charge is -2.43. The average Bonchev–Trinajstić information content (AvgIpc) is 3.64. The van der Waals surface area contributed by atoms with Crippen molar-refractivity contribution in [2.75, 3.05) is 9.80 Å². The molecule has 10 rings (SSSR count). The number of anilines is 3. The second kappa shape index (κ2) is 15.8. The summed E-state index contributed by atoms with van der Waals surface area (Å²) < 4.78 is 0. The van der Waals surface area contributed by atoms with E-state index < -0.39 is 0 Å². The van der Waals surface area contributed by atoms with Gasteiger partial charge in [-0.25, -0.2) is 0 Å². The number of amides is 2. The van der Waals surface area contributed by atoms with E-state index in [-0.39, 0.29) is 40.9 Å². The molecule has 0 radical (unpaired) electrons. The van der Waals surface area contributed by atoms with Crippen LogP contribution in [0, 0.1) is 20.8 Å². The molecule has 2 amide bonds. The normalized spacial score (nSPS) is 20.7. The summed E-state index contributed by atoms with van der Waals surface area (Å²) in [5.41, 5.74) is 25.4. The zero-order chi connectivity index (χ0) is 47.5. The van der Waals surface area contributed by atoms with Crippen molar-refractivity contribution in [2.45, 2.75) is 118 Å². The van der Waals surface area contributed by atoms with E-state index in [0.717, 1.165) is 46.6 Å². The van der Waals surface area contributed by atoms with Gasteiger partial charge in [0, 0.05) is 35.1 Å². The summed E-state index contributed by atoms with van der Waals surface area (Å²) in [7, 11) is 2.31. The summed E-state index contributed by atoms with van der Waals surface area (Å²) in [6.45, 7) is 25.7. The molecule has 1 saturated heterocycles. The van der Waals surface area contributed by atoms with E-state index >= 15 is 0 Å². The highest BCUT2D eigenvalue weighted by molar-refractivity contribution is 6.40. The van der Waals surface area contributed by atoms with E-state index in [0.29, 0.717) is 5.69 Å². The summed E-state index contributed by atoms with van der Waals surface area (Å²) >= 11 is 0. The molecule has 4 nitrogen and oxygen atoms in total. The SMILES string of the molecule is Bc1c2cc(-c3c(C)cc(C)cc3C)cc1N(c1ccc(N3C(=O)CCC3=O)cc1-c1ccccc1)C1=C(\C=C(/C)C(C)(C)c3ccccc3\C(C)=C\1)c1cc3c(cc1-2)C(C)(C)CCC3(C)C. The summed E-state index contributed by atoms with van der Waals surface area (Å²) in [6, 6.07) is 40.3. The molecule has 1 fully saturated rings. The van der Waals surface area contributed by atoms with Crippen LogP contribution >= 0.6 is 0 Å². The van der Waals surface area contributed by atoms with Gasteiger partial charge in [0.25, 0.3) is 0 Å². The third kappa shape index (κ3) is 7.19. The first kappa shape index (κ1) is 44.4. The Labute approximate surface area is 399 Å². The fourth-order valence-electron chi connectivity index (χ4n) is 11.8. The zero-order valence-corrected chi connectivity index (χ0v) is 41.6. The second-order valence-corrected chi connectivity index (χ2v) is 21.8. The molecule has 5 heteroatoms. The molecular weight excluding hydrogens is 816 g/mol. The third-order valence-corrected chi connectivity index (χ3v) is 16.0. The van der Waals surface area contributed by atoms with Crippen LogP contribution in [-0.2, 0) is 25.8 Å². The highest BCUT2D eigenvalue weighted by Crippen LogP contribution is 2.53. The van der Waals surface area contributed by atoms with E-state index in [4.69, 9.17) is 0 Å². The molecule has 2 bridgehead atoms. The van der Waals surface area contributed by atoms with Crippen molar-refractivity contribution in [3.63, 3.8) is 0 Å². The van der Waals surface area contributed by atoms with E-state index in [1.165, 1.54) is 88.3 Å². The van der Waals surface area contributed by atoms with Gasteiger partial charge < -0.3 is 4.90 Å². The van der Waals surface area contributed by atoms with E-state index in [2.05, 4.69) is 198 Å². The van der Waals surface area contributed by atoms with Gasteiger partial charge in [-0.1, -0.05) is 131 Å². The van der Waals surface area contributed by atoms with Gasteiger partial charge in [-0.15, -0.1) is 0 Å². The Kier molecular flexibility index (Phi) is 10.5. The van der Waals surface area contributed by atoms with E-state index in [9.17, 15) is 9.59 Å². The first-order valence-corrected chi connectivity index (χ1v) is 24.3. The summed E-state index contributed by atoms with van der Waals surface area (Å²) in [6.07, 6.45) is 7.61. The number of hydrogen-bond acceptors (Lipinski definition) is 3. The molecule has 0 spiro atoms. The van der Waals surface area contributed by atoms with Crippen LogP contribution in [-0.4, -0.2) is 19.7 Å². The molecule has 6 aromatic rings.